The summed E-state index contributed by atoms with van der Waals surface area (Å²) in [4.78, 5) is 50.0. The summed E-state index contributed by atoms with van der Waals surface area (Å²) in [5.41, 5.74) is -3.79. The Morgan fingerprint density at radius 3 is 2.03 bits per heavy atom. The summed E-state index contributed by atoms with van der Waals surface area (Å²) < 4.78 is 29.2. The molecule has 0 aromatic rings. The molecule has 0 unspecified atom stereocenters. The van der Waals surface area contributed by atoms with E-state index in [1.54, 1.807) is 33.8 Å². The van der Waals surface area contributed by atoms with Crippen LogP contribution in [-0.4, -0.2) is 81.9 Å². The van der Waals surface area contributed by atoms with Gasteiger partial charge in [0.15, 0.2) is 17.3 Å². The minimum atomic E-state index is -1.48. The van der Waals surface area contributed by atoms with Crippen molar-refractivity contribution in [3.8, 4) is 0 Å². The Balaban J connectivity index is 2.02. The fraction of sp³-hybridized carbons (Fsp3) is 0.769. The van der Waals surface area contributed by atoms with Gasteiger partial charge < -0.3 is 33.9 Å². The highest BCUT2D eigenvalue weighted by atomic mass is 16.7. The highest BCUT2D eigenvalue weighted by molar-refractivity contribution is 5.89. The van der Waals surface area contributed by atoms with Crippen molar-refractivity contribution in [3.05, 3.63) is 11.6 Å². The molecule has 1 spiro atoms. The molecule has 4 rings (SSSR count). The summed E-state index contributed by atoms with van der Waals surface area (Å²) in [7, 11) is 0. The Labute approximate surface area is 215 Å². The Bertz CT molecular complexity index is 1040. The van der Waals surface area contributed by atoms with E-state index in [0.29, 0.717) is 5.57 Å². The van der Waals surface area contributed by atoms with Crippen molar-refractivity contribution in [2.45, 2.75) is 109 Å². The van der Waals surface area contributed by atoms with E-state index in [1.807, 2.05) is 0 Å². The van der Waals surface area contributed by atoms with Crippen molar-refractivity contribution in [1.29, 1.82) is 0 Å². The predicted molar refractivity (Wildman–Crippen MR) is 125 cm³/mol. The number of carbonyl (C=O) groups is 4. The largest absolute Gasteiger partial charge is 0.462 e. The monoisotopic (exact) mass is 524 g/mol. The van der Waals surface area contributed by atoms with Gasteiger partial charge in [-0.2, -0.15) is 0 Å². The normalized spacial score (nSPS) is 48.1. The third kappa shape index (κ3) is 4.06. The van der Waals surface area contributed by atoms with Gasteiger partial charge in [-0.3, -0.25) is 14.4 Å². The molecule has 2 N–H and O–H groups in total. The van der Waals surface area contributed by atoms with E-state index >= 15 is 0 Å². The number of aliphatic hydroxyl groups is 2. The van der Waals surface area contributed by atoms with E-state index in [9.17, 15) is 29.4 Å². The summed E-state index contributed by atoms with van der Waals surface area (Å²) in [5, 5.41) is 22.3. The third-order valence-corrected chi connectivity index (χ3v) is 8.89. The number of hydrogen-bond donors (Lipinski definition) is 2. The van der Waals surface area contributed by atoms with Crippen LogP contribution in [0.3, 0.4) is 0 Å². The lowest BCUT2D eigenvalue weighted by Crippen LogP contribution is -2.66. The molecule has 4 aliphatic rings. The van der Waals surface area contributed by atoms with E-state index in [0.717, 1.165) is 0 Å². The predicted octanol–water partition coefficient (Wildman–Crippen LogP) is 0.969. The van der Waals surface area contributed by atoms with Crippen molar-refractivity contribution in [2.24, 2.45) is 17.3 Å². The maximum atomic E-state index is 13.0. The standard InChI is InChI=1S/C26H36O11/c1-11-8-20-26(25(7,37-26)23(32)36-20)22(35-15(5)29)21-12(2)17(31)10-19(34-14(4)28)24(21,6)18(9-16(11)30)33-13(3)27/h8,12,16-22,30-31H,9-10H2,1-7H3/b11-8+/t12-,16+,17-,18-,19-,20-,21+,22-,24-,25-,26-/m0/s1. The summed E-state index contributed by atoms with van der Waals surface area (Å²) in [6, 6.07) is 0. The molecule has 11 atom stereocenters. The minimum absolute atomic E-state index is 0.0210. The SMILES string of the molecule is CC(=O)O[C@H]1C[C@@H](O)/C(C)=C/[C@@H]2OC(=O)[C@]3(C)O[C@]23[C@@H](OC(C)=O)[C@H]2[C@@H](C)[C@@H](O)C[C@H](OC(C)=O)[C@@]21C. The maximum Gasteiger partial charge on any atom is 0.342 e. The van der Waals surface area contributed by atoms with Crippen LogP contribution in [0.2, 0.25) is 0 Å². The van der Waals surface area contributed by atoms with E-state index < -0.39 is 89.0 Å². The molecule has 37 heavy (non-hydrogen) atoms. The van der Waals surface area contributed by atoms with Gasteiger partial charge in [0.05, 0.1) is 12.2 Å². The van der Waals surface area contributed by atoms with Crippen molar-refractivity contribution in [2.75, 3.05) is 0 Å². The van der Waals surface area contributed by atoms with Gasteiger partial charge in [-0.05, 0) is 31.4 Å². The van der Waals surface area contributed by atoms with Crippen LogP contribution in [0.25, 0.3) is 0 Å². The molecule has 3 fully saturated rings. The molecule has 206 valence electrons. The molecule has 1 saturated carbocycles. The maximum absolute atomic E-state index is 13.0. The summed E-state index contributed by atoms with van der Waals surface area (Å²) in [6.07, 6.45) is -4.79. The van der Waals surface area contributed by atoms with Crippen LogP contribution < -0.4 is 0 Å². The summed E-state index contributed by atoms with van der Waals surface area (Å²) >= 11 is 0. The van der Waals surface area contributed by atoms with Crippen molar-refractivity contribution in [3.63, 3.8) is 0 Å². The number of fused-ring (bicyclic) bond motifs is 1. The highest BCUT2D eigenvalue weighted by Crippen LogP contribution is 2.65. The molecule has 2 aliphatic heterocycles. The van der Waals surface area contributed by atoms with Crippen LogP contribution >= 0.6 is 0 Å². The van der Waals surface area contributed by atoms with Crippen LogP contribution in [0.4, 0.5) is 0 Å². The molecule has 2 aliphatic carbocycles. The molecule has 0 amide bonds. The van der Waals surface area contributed by atoms with Crippen molar-refractivity contribution in [1.82, 2.24) is 0 Å². The van der Waals surface area contributed by atoms with Gasteiger partial charge in [-0.15, -0.1) is 0 Å². The lowest BCUT2D eigenvalue weighted by molar-refractivity contribution is -0.233. The van der Waals surface area contributed by atoms with Crippen molar-refractivity contribution < 1.29 is 53.1 Å². The summed E-state index contributed by atoms with van der Waals surface area (Å²) in [5.74, 6) is -3.99. The quantitative estimate of drug-likeness (QED) is 0.234. The zero-order valence-electron chi connectivity index (χ0n) is 22.2. The molecular weight excluding hydrogens is 488 g/mol. The lowest BCUT2D eigenvalue weighted by Gasteiger charge is -2.56. The first-order chi connectivity index (χ1) is 17.1. The Morgan fingerprint density at radius 2 is 1.51 bits per heavy atom. The number of epoxide rings is 1. The van der Waals surface area contributed by atoms with E-state index in [-0.39, 0.29) is 12.8 Å². The Kier molecular flexibility index (Phi) is 6.74. The number of rotatable bonds is 3. The minimum Gasteiger partial charge on any atom is -0.462 e. The molecule has 2 saturated heterocycles. The van der Waals surface area contributed by atoms with E-state index in [4.69, 9.17) is 23.7 Å². The Morgan fingerprint density at radius 1 is 0.973 bits per heavy atom. The zero-order chi connectivity index (χ0) is 27.7. The van der Waals surface area contributed by atoms with Crippen LogP contribution in [0.15, 0.2) is 11.6 Å². The second-order valence-corrected chi connectivity index (χ2v) is 11.2. The molecule has 0 aromatic carbocycles. The summed E-state index contributed by atoms with van der Waals surface area (Å²) in [6.45, 7) is 10.4. The molecule has 2 heterocycles. The second kappa shape index (κ2) is 9.06. The Hall–Kier alpha value is -2.50. The molecule has 0 bridgehead atoms. The van der Waals surface area contributed by atoms with Crippen LogP contribution in [-0.2, 0) is 42.9 Å². The fourth-order valence-corrected chi connectivity index (χ4v) is 6.89. The van der Waals surface area contributed by atoms with Gasteiger partial charge in [0.2, 0.25) is 0 Å². The highest BCUT2D eigenvalue weighted by Gasteiger charge is 2.87. The van der Waals surface area contributed by atoms with Gasteiger partial charge in [0.25, 0.3) is 0 Å². The molecule has 0 aromatic heterocycles. The first-order valence-corrected chi connectivity index (χ1v) is 12.6. The average molecular weight is 525 g/mol. The van der Waals surface area contributed by atoms with Crippen molar-refractivity contribution >= 4 is 23.9 Å². The molecular formula is C26H36O11. The number of hydrogen-bond acceptors (Lipinski definition) is 11. The first kappa shape index (κ1) is 27.5. The fourth-order valence-electron chi connectivity index (χ4n) is 6.89. The van der Waals surface area contributed by atoms with Crippen LogP contribution in [0, 0.1) is 17.3 Å². The van der Waals surface area contributed by atoms with Gasteiger partial charge in [-0.25, -0.2) is 4.79 Å². The number of ether oxygens (including phenoxy) is 5. The number of aliphatic hydroxyl groups excluding tert-OH is 2. The molecule has 11 heteroatoms. The molecule has 11 nitrogen and oxygen atoms in total. The zero-order valence-corrected chi connectivity index (χ0v) is 22.2. The van der Waals surface area contributed by atoms with Gasteiger partial charge in [-0.1, -0.05) is 13.8 Å². The lowest BCUT2D eigenvalue weighted by atomic mass is 9.53. The molecule has 0 radical (unpaired) electrons. The van der Waals surface area contributed by atoms with Crippen LogP contribution in [0.1, 0.15) is 61.3 Å². The van der Waals surface area contributed by atoms with Crippen LogP contribution in [0.5, 0.6) is 0 Å². The van der Waals surface area contributed by atoms with Gasteiger partial charge >= 0.3 is 23.9 Å². The smallest absolute Gasteiger partial charge is 0.342 e. The second-order valence-electron chi connectivity index (χ2n) is 11.2. The number of carbonyl (C=O) groups excluding carboxylic acids is 4. The van der Waals surface area contributed by atoms with E-state index in [2.05, 4.69) is 0 Å². The first-order valence-electron chi connectivity index (χ1n) is 12.6. The van der Waals surface area contributed by atoms with Gasteiger partial charge in [0.1, 0.15) is 18.3 Å². The third-order valence-electron chi connectivity index (χ3n) is 8.89. The number of esters is 4. The average Bonchev–Trinajstić information content (AvgIpc) is 3.36. The topological polar surface area (TPSA) is 158 Å². The van der Waals surface area contributed by atoms with E-state index in [1.165, 1.54) is 20.8 Å². The van der Waals surface area contributed by atoms with Gasteiger partial charge in [0, 0.05) is 44.9 Å².